The summed E-state index contributed by atoms with van der Waals surface area (Å²) in [6.07, 6.45) is 1.87. The number of nitrogens with zero attached hydrogens (tertiary/aromatic N) is 4. The first-order valence-corrected chi connectivity index (χ1v) is 10.3. The highest BCUT2D eigenvalue weighted by atomic mass is 32.2. The van der Waals surface area contributed by atoms with Crippen molar-refractivity contribution in [1.29, 1.82) is 0 Å². The van der Waals surface area contributed by atoms with E-state index in [9.17, 15) is 13.5 Å². The highest BCUT2D eigenvalue weighted by Crippen LogP contribution is 2.25. The minimum Gasteiger partial charge on any atom is -0.395 e. The minimum absolute atomic E-state index is 0.105. The van der Waals surface area contributed by atoms with E-state index in [0.29, 0.717) is 17.5 Å². The first kappa shape index (κ1) is 19.5. The smallest absolute Gasteiger partial charge is 0.245 e. The van der Waals surface area contributed by atoms with Gasteiger partial charge in [0.1, 0.15) is 4.90 Å². The SMILES string of the molecule is CC[C@@H](CO)N(Cc1ccccc1)S(=O)(=O)c1cnc2c(c1)c(C)nn2C. The molecule has 0 aliphatic carbocycles. The van der Waals surface area contributed by atoms with Crippen LogP contribution >= 0.6 is 0 Å². The lowest BCUT2D eigenvalue weighted by molar-refractivity contribution is 0.179. The molecule has 0 spiro atoms. The predicted molar refractivity (Wildman–Crippen MR) is 104 cm³/mol. The van der Waals surface area contributed by atoms with Gasteiger partial charge in [-0.2, -0.15) is 9.40 Å². The van der Waals surface area contributed by atoms with Crippen molar-refractivity contribution < 1.29 is 13.5 Å². The van der Waals surface area contributed by atoms with Gasteiger partial charge in [0.2, 0.25) is 10.0 Å². The Morgan fingerprint density at radius 3 is 2.59 bits per heavy atom. The highest BCUT2D eigenvalue weighted by molar-refractivity contribution is 7.89. The normalized spacial score (nSPS) is 13.4. The summed E-state index contributed by atoms with van der Waals surface area (Å²) in [6.45, 7) is 3.63. The second kappa shape index (κ2) is 7.75. The maximum Gasteiger partial charge on any atom is 0.245 e. The summed E-state index contributed by atoms with van der Waals surface area (Å²) in [5, 5.41) is 14.8. The van der Waals surface area contributed by atoms with E-state index < -0.39 is 16.1 Å². The molecular formula is C19H24N4O3S. The van der Waals surface area contributed by atoms with Crippen LogP contribution in [-0.4, -0.2) is 45.2 Å². The Bertz CT molecular complexity index is 1030. The van der Waals surface area contributed by atoms with Crippen LogP contribution in [0.4, 0.5) is 0 Å². The fourth-order valence-electron chi connectivity index (χ4n) is 3.16. The van der Waals surface area contributed by atoms with Crippen LogP contribution in [0.3, 0.4) is 0 Å². The van der Waals surface area contributed by atoms with E-state index in [1.807, 2.05) is 44.2 Å². The zero-order chi connectivity index (χ0) is 19.6. The second-order valence-electron chi connectivity index (χ2n) is 6.53. The first-order valence-electron chi connectivity index (χ1n) is 8.84. The summed E-state index contributed by atoms with van der Waals surface area (Å²) in [5.74, 6) is 0. The molecule has 0 fully saturated rings. The fourth-order valence-corrected chi connectivity index (χ4v) is 4.81. The number of aliphatic hydroxyl groups is 1. The summed E-state index contributed by atoms with van der Waals surface area (Å²) >= 11 is 0. The van der Waals surface area contributed by atoms with Gasteiger partial charge in [0, 0.05) is 31.2 Å². The van der Waals surface area contributed by atoms with Crippen LogP contribution in [0.15, 0.2) is 47.5 Å². The van der Waals surface area contributed by atoms with Crippen molar-refractivity contribution in [3.05, 3.63) is 53.9 Å². The van der Waals surface area contributed by atoms with E-state index in [0.717, 1.165) is 11.3 Å². The predicted octanol–water partition coefficient (Wildman–Crippen LogP) is 2.24. The van der Waals surface area contributed by atoms with E-state index in [4.69, 9.17) is 0 Å². The van der Waals surface area contributed by atoms with Crippen molar-refractivity contribution in [2.45, 2.75) is 37.8 Å². The molecule has 0 aliphatic rings. The number of fused-ring (bicyclic) bond motifs is 1. The number of hydrogen-bond donors (Lipinski definition) is 1. The Hall–Kier alpha value is -2.29. The number of hydrogen-bond acceptors (Lipinski definition) is 5. The molecule has 0 saturated heterocycles. The molecule has 0 bridgehead atoms. The van der Waals surface area contributed by atoms with Gasteiger partial charge in [-0.3, -0.25) is 4.68 Å². The Morgan fingerprint density at radius 1 is 1.26 bits per heavy atom. The summed E-state index contributed by atoms with van der Waals surface area (Å²) in [5.41, 5.74) is 2.22. The summed E-state index contributed by atoms with van der Waals surface area (Å²) < 4.78 is 29.8. The molecule has 0 unspecified atom stereocenters. The molecule has 8 heteroatoms. The lowest BCUT2D eigenvalue weighted by Gasteiger charge is -2.29. The lowest BCUT2D eigenvalue weighted by atomic mass is 10.2. The number of sulfonamides is 1. The van der Waals surface area contributed by atoms with Crippen LogP contribution in [0.25, 0.3) is 11.0 Å². The van der Waals surface area contributed by atoms with E-state index in [1.165, 1.54) is 10.5 Å². The van der Waals surface area contributed by atoms with E-state index in [-0.39, 0.29) is 18.0 Å². The van der Waals surface area contributed by atoms with Crippen molar-refractivity contribution in [3.63, 3.8) is 0 Å². The van der Waals surface area contributed by atoms with Gasteiger partial charge in [0.05, 0.1) is 12.3 Å². The fraction of sp³-hybridized carbons (Fsp3) is 0.368. The molecule has 1 N–H and O–H groups in total. The van der Waals surface area contributed by atoms with Crippen LogP contribution in [0.5, 0.6) is 0 Å². The Balaban J connectivity index is 2.07. The van der Waals surface area contributed by atoms with Crippen molar-refractivity contribution in [1.82, 2.24) is 19.1 Å². The van der Waals surface area contributed by atoms with Gasteiger partial charge in [0.25, 0.3) is 0 Å². The molecule has 0 saturated carbocycles. The van der Waals surface area contributed by atoms with Crippen LogP contribution in [0.2, 0.25) is 0 Å². The molecule has 1 aromatic carbocycles. The van der Waals surface area contributed by atoms with E-state index >= 15 is 0 Å². The van der Waals surface area contributed by atoms with Crippen LogP contribution < -0.4 is 0 Å². The summed E-state index contributed by atoms with van der Waals surface area (Å²) in [4.78, 5) is 4.41. The van der Waals surface area contributed by atoms with Crippen LogP contribution in [-0.2, 0) is 23.6 Å². The highest BCUT2D eigenvalue weighted by Gasteiger charge is 2.31. The number of rotatable bonds is 7. The Labute approximate surface area is 159 Å². The molecule has 0 amide bonds. The molecule has 0 aliphatic heterocycles. The summed E-state index contributed by atoms with van der Waals surface area (Å²) in [6, 6.07) is 10.5. The minimum atomic E-state index is -3.85. The van der Waals surface area contributed by atoms with Crippen LogP contribution in [0.1, 0.15) is 24.6 Å². The molecular weight excluding hydrogens is 364 g/mol. The number of aromatic nitrogens is 3. The van der Waals surface area contributed by atoms with Crippen LogP contribution in [0, 0.1) is 6.92 Å². The third-order valence-electron chi connectivity index (χ3n) is 4.71. The Kier molecular flexibility index (Phi) is 5.59. The number of benzene rings is 1. The van der Waals surface area contributed by atoms with E-state index in [1.54, 1.807) is 17.8 Å². The van der Waals surface area contributed by atoms with Gasteiger partial charge in [-0.25, -0.2) is 13.4 Å². The maximum absolute atomic E-state index is 13.4. The monoisotopic (exact) mass is 388 g/mol. The van der Waals surface area contributed by atoms with Crippen molar-refractivity contribution >= 4 is 21.1 Å². The molecule has 2 heterocycles. The topological polar surface area (TPSA) is 88.3 Å². The quantitative estimate of drug-likeness (QED) is 0.671. The average Bonchev–Trinajstić information content (AvgIpc) is 2.96. The van der Waals surface area contributed by atoms with Gasteiger partial charge >= 0.3 is 0 Å². The number of pyridine rings is 1. The molecule has 3 rings (SSSR count). The van der Waals surface area contributed by atoms with Gasteiger partial charge in [-0.1, -0.05) is 37.3 Å². The van der Waals surface area contributed by atoms with Crippen molar-refractivity contribution in [2.24, 2.45) is 7.05 Å². The average molecular weight is 388 g/mol. The number of aliphatic hydroxyl groups excluding tert-OH is 1. The van der Waals surface area contributed by atoms with E-state index in [2.05, 4.69) is 10.1 Å². The third-order valence-corrected chi connectivity index (χ3v) is 6.58. The third kappa shape index (κ3) is 3.73. The van der Waals surface area contributed by atoms with Crippen molar-refractivity contribution in [3.8, 4) is 0 Å². The molecule has 3 aromatic rings. The molecule has 2 aromatic heterocycles. The van der Waals surface area contributed by atoms with Crippen molar-refractivity contribution in [2.75, 3.05) is 6.61 Å². The van der Waals surface area contributed by atoms with Gasteiger partial charge in [0.15, 0.2) is 5.65 Å². The maximum atomic E-state index is 13.4. The van der Waals surface area contributed by atoms with Gasteiger partial charge in [-0.15, -0.1) is 0 Å². The standard InChI is InChI=1S/C19H24N4O3S/c1-4-16(13-24)23(12-15-8-6-5-7-9-15)27(25,26)17-10-18-14(2)21-22(3)19(18)20-11-17/h5-11,16,24H,4,12-13H2,1-3H3/t16-/m0/s1. The zero-order valence-electron chi connectivity index (χ0n) is 15.7. The zero-order valence-corrected chi connectivity index (χ0v) is 16.5. The second-order valence-corrected chi connectivity index (χ2v) is 8.42. The van der Waals surface area contributed by atoms with Gasteiger partial charge in [-0.05, 0) is 25.0 Å². The van der Waals surface area contributed by atoms with Gasteiger partial charge < -0.3 is 5.11 Å². The molecule has 144 valence electrons. The largest absolute Gasteiger partial charge is 0.395 e. The Morgan fingerprint density at radius 2 is 1.96 bits per heavy atom. The molecule has 0 radical (unpaired) electrons. The lowest BCUT2D eigenvalue weighted by Crippen LogP contribution is -2.41. The first-order chi connectivity index (χ1) is 12.9. The molecule has 7 nitrogen and oxygen atoms in total. The molecule has 27 heavy (non-hydrogen) atoms. The summed E-state index contributed by atoms with van der Waals surface area (Å²) in [7, 11) is -2.07. The number of aryl methyl sites for hydroxylation is 2. The molecule has 1 atom stereocenters.